The van der Waals surface area contributed by atoms with E-state index < -0.39 is 0 Å². The molecule has 0 saturated heterocycles. The summed E-state index contributed by atoms with van der Waals surface area (Å²) >= 11 is 0. The summed E-state index contributed by atoms with van der Waals surface area (Å²) in [4.78, 5) is 0. The average molecular weight is 195 g/mol. The Balaban J connectivity index is 2.44. The third-order valence-electron chi connectivity index (χ3n) is 2.29. The zero-order valence-corrected chi connectivity index (χ0v) is 8.26. The minimum Gasteiger partial charge on any atom is -0.298 e. The van der Waals surface area contributed by atoms with Crippen molar-refractivity contribution in [2.45, 2.75) is 0 Å². The zero-order valence-electron chi connectivity index (χ0n) is 8.26. The molecule has 0 bridgehead atoms. The highest BCUT2D eigenvalue weighted by Gasteiger charge is 2.03. The Morgan fingerprint density at radius 1 is 0.733 bits per heavy atom. The van der Waals surface area contributed by atoms with Gasteiger partial charge in [0.2, 0.25) is 0 Å². The van der Waals surface area contributed by atoms with Gasteiger partial charge in [-0.25, -0.2) is 0 Å². The largest absolute Gasteiger partial charge is 0.298 e. The van der Waals surface area contributed by atoms with Crippen LogP contribution in [0.5, 0.6) is 0 Å². The quantitative estimate of drug-likeness (QED) is 0.653. The van der Waals surface area contributed by atoms with Crippen molar-refractivity contribution in [2.75, 3.05) is 0 Å². The zero-order chi connectivity index (χ0) is 10.5. The summed E-state index contributed by atoms with van der Waals surface area (Å²) in [6, 6.07) is 19.4. The van der Waals surface area contributed by atoms with Crippen LogP contribution in [-0.4, -0.2) is 0 Å². The average Bonchev–Trinajstić information content (AvgIpc) is 2.33. The van der Waals surface area contributed by atoms with Gasteiger partial charge in [-0.3, -0.25) is 5.11 Å². The van der Waals surface area contributed by atoms with Crippen molar-refractivity contribution in [1.29, 1.82) is 0 Å². The number of hydrogen-bond acceptors (Lipinski definition) is 0. The first-order valence-electron chi connectivity index (χ1n) is 4.85. The van der Waals surface area contributed by atoms with Gasteiger partial charge in [0.25, 0.3) is 0 Å². The summed E-state index contributed by atoms with van der Waals surface area (Å²) in [7, 11) is 0. The Morgan fingerprint density at radius 2 is 1.13 bits per heavy atom. The van der Waals surface area contributed by atoms with Crippen LogP contribution >= 0.6 is 0 Å². The molecule has 0 aliphatic carbocycles. The van der Waals surface area contributed by atoms with Gasteiger partial charge in [-0.15, -0.1) is 0 Å². The highest BCUT2D eigenvalue weighted by molar-refractivity contribution is 5.78. The molecule has 0 aliphatic heterocycles. The van der Waals surface area contributed by atoms with E-state index in [1.54, 1.807) is 0 Å². The molecule has 2 aromatic rings. The highest BCUT2D eigenvalue weighted by atomic mass is 16.2. The standard InChI is InChI=1S/C14H11O/c15-11-14(12-7-3-1-4-8-12)13-9-5-2-6-10-13/h1-11H. The van der Waals surface area contributed by atoms with Crippen LogP contribution in [0, 0.1) is 0 Å². The van der Waals surface area contributed by atoms with E-state index in [4.69, 9.17) is 0 Å². The lowest BCUT2D eigenvalue weighted by molar-refractivity contribution is 0.354. The van der Waals surface area contributed by atoms with Crippen LogP contribution < -0.4 is 0 Å². The SMILES string of the molecule is [O]C=C(c1ccccc1)c1ccccc1. The first kappa shape index (κ1) is 9.53. The van der Waals surface area contributed by atoms with Gasteiger partial charge in [0.05, 0.1) is 0 Å². The van der Waals surface area contributed by atoms with E-state index in [0.29, 0.717) is 0 Å². The lowest BCUT2D eigenvalue weighted by Gasteiger charge is -2.04. The van der Waals surface area contributed by atoms with E-state index in [-0.39, 0.29) is 0 Å². The number of hydrogen-bond donors (Lipinski definition) is 0. The molecule has 0 aliphatic rings. The third kappa shape index (κ3) is 2.08. The van der Waals surface area contributed by atoms with E-state index >= 15 is 0 Å². The first-order chi connectivity index (χ1) is 7.42. The van der Waals surface area contributed by atoms with E-state index in [1.807, 2.05) is 60.7 Å². The maximum Gasteiger partial charge on any atom is 0.151 e. The van der Waals surface area contributed by atoms with Crippen LogP contribution in [0.15, 0.2) is 66.9 Å². The molecule has 2 aromatic carbocycles. The molecule has 0 N–H and O–H groups in total. The van der Waals surface area contributed by atoms with Gasteiger partial charge in [0, 0.05) is 5.57 Å². The number of benzene rings is 2. The van der Waals surface area contributed by atoms with Crippen molar-refractivity contribution >= 4 is 5.57 Å². The van der Waals surface area contributed by atoms with Gasteiger partial charge in [-0.05, 0) is 11.1 Å². The molecule has 1 radical (unpaired) electrons. The fraction of sp³-hybridized carbons (Fsp3) is 0. The summed E-state index contributed by atoms with van der Waals surface area (Å²) in [6.07, 6.45) is 0.907. The van der Waals surface area contributed by atoms with Crippen molar-refractivity contribution < 1.29 is 5.11 Å². The van der Waals surface area contributed by atoms with E-state index in [0.717, 1.165) is 23.0 Å². The second kappa shape index (κ2) is 4.47. The maximum absolute atomic E-state index is 11.1. The Hall–Kier alpha value is -2.02. The topological polar surface area (TPSA) is 19.9 Å². The molecule has 0 fully saturated rings. The lowest BCUT2D eigenvalue weighted by atomic mass is 9.99. The molecule has 15 heavy (non-hydrogen) atoms. The normalized spacial score (nSPS) is 9.60. The Bertz CT molecular complexity index is 402. The number of rotatable bonds is 2. The summed E-state index contributed by atoms with van der Waals surface area (Å²) < 4.78 is 0. The molecular weight excluding hydrogens is 184 g/mol. The first-order valence-corrected chi connectivity index (χ1v) is 4.85. The van der Waals surface area contributed by atoms with Gasteiger partial charge >= 0.3 is 0 Å². The van der Waals surface area contributed by atoms with Crippen molar-refractivity contribution in [3.63, 3.8) is 0 Å². The van der Waals surface area contributed by atoms with E-state index in [9.17, 15) is 5.11 Å². The van der Waals surface area contributed by atoms with Crippen LogP contribution in [0.3, 0.4) is 0 Å². The molecule has 0 aromatic heterocycles. The molecule has 0 spiro atoms. The summed E-state index contributed by atoms with van der Waals surface area (Å²) in [5.74, 6) is 0. The summed E-state index contributed by atoms with van der Waals surface area (Å²) in [5.41, 5.74) is 2.65. The van der Waals surface area contributed by atoms with Crippen LogP contribution in [0.1, 0.15) is 11.1 Å². The van der Waals surface area contributed by atoms with Crippen molar-refractivity contribution in [2.24, 2.45) is 0 Å². The molecular formula is C14H11O. The Morgan fingerprint density at radius 3 is 1.47 bits per heavy atom. The Labute approximate surface area is 89.3 Å². The fourth-order valence-corrected chi connectivity index (χ4v) is 1.54. The van der Waals surface area contributed by atoms with E-state index in [2.05, 4.69) is 0 Å². The third-order valence-corrected chi connectivity index (χ3v) is 2.29. The monoisotopic (exact) mass is 195 g/mol. The van der Waals surface area contributed by atoms with Gasteiger partial charge in [-0.2, -0.15) is 0 Å². The molecule has 0 saturated carbocycles. The second-order valence-corrected chi connectivity index (χ2v) is 3.26. The van der Waals surface area contributed by atoms with Crippen molar-refractivity contribution in [3.8, 4) is 0 Å². The minimum atomic E-state index is 0.733. The smallest absolute Gasteiger partial charge is 0.151 e. The van der Waals surface area contributed by atoms with Gasteiger partial charge in [0.15, 0.2) is 6.26 Å². The van der Waals surface area contributed by atoms with Gasteiger partial charge in [0.1, 0.15) is 0 Å². The van der Waals surface area contributed by atoms with Crippen LogP contribution in [0.2, 0.25) is 0 Å². The summed E-state index contributed by atoms with van der Waals surface area (Å²) in [5, 5.41) is 11.1. The molecule has 0 amide bonds. The maximum atomic E-state index is 11.1. The van der Waals surface area contributed by atoms with Crippen molar-refractivity contribution in [3.05, 3.63) is 78.1 Å². The summed E-state index contributed by atoms with van der Waals surface area (Å²) in [6.45, 7) is 0. The molecule has 0 atom stereocenters. The predicted octanol–water partition coefficient (Wildman–Crippen LogP) is 3.51. The molecule has 1 heteroatoms. The second-order valence-electron chi connectivity index (χ2n) is 3.26. The minimum absolute atomic E-state index is 0.733. The molecule has 0 heterocycles. The van der Waals surface area contributed by atoms with Crippen molar-refractivity contribution in [1.82, 2.24) is 0 Å². The molecule has 73 valence electrons. The lowest BCUT2D eigenvalue weighted by Crippen LogP contribution is -1.86. The molecule has 2 rings (SSSR count). The Kier molecular flexibility index (Phi) is 2.84. The highest BCUT2D eigenvalue weighted by Crippen LogP contribution is 2.22. The van der Waals surface area contributed by atoms with Crippen LogP contribution in [-0.2, 0) is 5.11 Å². The van der Waals surface area contributed by atoms with E-state index in [1.165, 1.54) is 0 Å². The van der Waals surface area contributed by atoms with Gasteiger partial charge in [-0.1, -0.05) is 60.7 Å². The van der Waals surface area contributed by atoms with Gasteiger partial charge < -0.3 is 0 Å². The van der Waals surface area contributed by atoms with Crippen LogP contribution in [0.25, 0.3) is 5.57 Å². The molecule has 1 nitrogen and oxygen atoms in total. The fourth-order valence-electron chi connectivity index (χ4n) is 1.54. The molecule has 0 unspecified atom stereocenters. The predicted molar refractivity (Wildman–Crippen MR) is 60.6 cm³/mol. The van der Waals surface area contributed by atoms with Crippen LogP contribution in [0.4, 0.5) is 0 Å².